The summed E-state index contributed by atoms with van der Waals surface area (Å²) in [6, 6.07) is 14.8. The minimum atomic E-state index is -0.471. The summed E-state index contributed by atoms with van der Waals surface area (Å²) in [5.41, 5.74) is 1.79. The number of imidazole rings is 1. The van der Waals surface area contributed by atoms with Crippen molar-refractivity contribution in [1.82, 2.24) is 14.9 Å². The number of hydrogen-bond donors (Lipinski definition) is 1. The molecular weight excluding hydrogens is 493 g/mol. The highest BCUT2D eigenvalue weighted by Crippen LogP contribution is 2.37. The maximum Gasteiger partial charge on any atom is 0.494 e. The molecule has 1 aromatic heterocycles. The molecule has 39 heavy (non-hydrogen) atoms. The number of hydrogen-bond acceptors (Lipinski definition) is 6. The van der Waals surface area contributed by atoms with E-state index in [1.54, 1.807) is 12.1 Å². The van der Waals surface area contributed by atoms with E-state index >= 15 is 0 Å². The van der Waals surface area contributed by atoms with Crippen LogP contribution < -0.4 is 10.2 Å². The second-order valence-corrected chi connectivity index (χ2v) is 12.0. The van der Waals surface area contributed by atoms with Gasteiger partial charge < -0.3 is 23.9 Å². The minimum absolute atomic E-state index is 0.0137. The van der Waals surface area contributed by atoms with Gasteiger partial charge in [-0.2, -0.15) is 0 Å². The largest absolute Gasteiger partial charge is 0.494 e. The van der Waals surface area contributed by atoms with E-state index < -0.39 is 30.2 Å². The first kappa shape index (κ1) is 27.4. The molecule has 2 aliphatic heterocycles. The molecule has 0 saturated carbocycles. The van der Waals surface area contributed by atoms with E-state index in [0.29, 0.717) is 12.3 Å². The van der Waals surface area contributed by atoms with Crippen LogP contribution in [-0.2, 0) is 18.9 Å². The van der Waals surface area contributed by atoms with Crippen molar-refractivity contribution in [2.45, 2.75) is 78.0 Å². The van der Waals surface area contributed by atoms with Gasteiger partial charge in [0.1, 0.15) is 11.6 Å². The Hall–Kier alpha value is -3.17. The lowest BCUT2D eigenvalue weighted by Gasteiger charge is -2.32. The standard InChI is InChI=1S/C30H38BN3O5/c1-19(2)22(18-26(35)37-21-11-8-7-9-12-21)28(36)34-16-10-13-25(34)27-32-23-15-14-20(17-24(23)33-27)31-38-29(3,4)30(5,6)39-31/h7-9,11-12,14-15,17,19,22,25H,10,13,16,18H2,1-6H3,(H,32,33)/t22-,25-/m0/s1. The van der Waals surface area contributed by atoms with Crippen molar-refractivity contribution in [3.63, 3.8) is 0 Å². The fourth-order valence-corrected chi connectivity index (χ4v) is 5.31. The molecule has 2 fully saturated rings. The third-order valence-electron chi connectivity index (χ3n) is 8.38. The zero-order valence-electron chi connectivity index (χ0n) is 23.7. The molecule has 2 saturated heterocycles. The first-order valence-corrected chi connectivity index (χ1v) is 13.9. The summed E-state index contributed by atoms with van der Waals surface area (Å²) in [6.45, 7) is 12.7. The molecule has 3 aromatic rings. The van der Waals surface area contributed by atoms with Crippen molar-refractivity contribution in [2.75, 3.05) is 6.54 Å². The van der Waals surface area contributed by atoms with Gasteiger partial charge in [-0.1, -0.05) is 38.1 Å². The molecule has 2 aromatic carbocycles. The number of likely N-dealkylation sites (tertiary alicyclic amines) is 1. The van der Waals surface area contributed by atoms with Crippen LogP contribution in [0.3, 0.4) is 0 Å². The first-order chi connectivity index (χ1) is 18.4. The zero-order valence-corrected chi connectivity index (χ0v) is 23.7. The van der Waals surface area contributed by atoms with Gasteiger partial charge in [0.15, 0.2) is 0 Å². The molecule has 0 unspecified atom stereocenters. The number of para-hydroxylation sites is 1. The molecule has 9 heteroatoms. The van der Waals surface area contributed by atoms with Gasteiger partial charge in [0.25, 0.3) is 0 Å². The third kappa shape index (κ3) is 5.47. The van der Waals surface area contributed by atoms with Crippen molar-refractivity contribution in [2.24, 2.45) is 11.8 Å². The smallest absolute Gasteiger partial charge is 0.427 e. The summed E-state index contributed by atoms with van der Waals surface area (Å²) in [7, 11) is -0.460. The third-order valence-corrected chi connectivity index (χ3v) is 8.38. The number of nitrogens with one attached hydrogen (secondary N) is 1. The molecule has 0 radical (unpaired) electrons. The Labute approximate surface area is 230 Å². The SMILES string of the molecule is CC(C)[C@H](CC(=O)Oc1ccccc1)C(=O)N1CCC[C@H]1c1nc2ccc(B3OC(C)(C)C(C)(C)O3)cc2[nH]1. The van der Waals surface area contributed by atoms with Crippen molar-refractivity contribution in [3.8, 4) is 5.75 Å². The fourth-order valence-electron chi connectivity index (χ4n) is 5.31. The number of carbonyl (C=O) groups excluding carboxylic acids is 2. The minimum Gasteiger partial charge on any atom is -0.427 e. The van der Waals surface area contributed by atoms with Crippen LogP contribution in [0.5, 0.6) is 5.75 Å². The Morgan fingerprint density at radius 3 is 2.46 bits per heavy atom. The number of esters is 1. The molecule has 0 spiro atoms. The number of nitrogens with zero attached hydrogens (tertiary/aromatic N) is 2. The van der Waals surface area contributed by atoms with E-state index in [1.165, 1.54) is 0 Å². The van der Waals surface area contributed by atoms with E-state index in [4.69, 9.17) is 19.0 Å². The maximum atomic E-state index is 13.8. The van der Waals surface area contributed by atoms with Crippen LogP contribution in [0.25, 0.3) is 11.0 Å². The van der Waals surface area contributed by atoms with Crippen molar-refractivity contribution in [3.05, 3.63) is 54.4 Å². The molecule has 2 aliphatic rings. The van der Waals surface area contributed by atoms with Gasteiger partial charge in [-0.05, 0) is 76.2 Å². The van der Waals surface area contributed by atoms with E-state index in [2.05, 4.69) is 4.98 Å². The van der Waals surface area contributed by atoms with Crippen LogP contribution in [0.1, 0.15) is 72.7 Å². The van der Waals surface area contributed by atoms with Crippen molar-refractivity contribution in [1.29, 1.82) is 0 Å². The monoisotopic (exact) mass is 531 g/mol. The van der Waals surface area contributed by atoms with Crippen LogP contribution in [0.15, 0.2) is 48.5 Å². The van der Waals surface area contributed by atoms with E-state index in [1.807, 2.05) is 82.8 Å². The Morgan fingerprint density at radius 2 is 1.79 bits per heavy atom. The lowest BCUT2D eigenvalue weighted by molar-refractivity contribution is -0.145. The van der Waals surface area contributed by atoms with Gasteiger partial charge in [0.2, 0.25) is 5.91 Å². The topological polar surface area (TPSA) is 93.8 Å². The van der Waals surface area contributed by atoms with E-state index in [0.717, 1.165) is 35.2 Å². The average Bonchev–Trinajstić information content (AvgIpc) is 3.57. The summed E-state index contributed by atoms with van der Waals surface area (Å²) in [6.07, 6.45) is 1.73. The molecule has 5 rings (SSSR count). The first-order valence-electron chi connectivity index (χ1n) is 13.9. The number of rotatable bonds is 7. The van der Waals surface area contributed by atoms with Gasteiger partial charge >= 0.3 is 13.1 Å². The Bertz CT molecular complexity index is 1340. The Balaban J connectivity index is 1.32. The molecule has 206 valence electrons. The van der Waals surface area contributed by atoms with Crippen LogP contribution in [0.2, 0.25) is 0 Å². The normalized spacial score (nSPS) is 21.1. The number of H-pyrrole nitrogens is 1. The van der Waals surface area contributed by atoms with Gasteiger partial charge in [0.05, 0.1) is 40.6 Å². The average molecular weight is 531 g/mol. The summed E-state index contributed by atoms with van der Waals surface area (Å²) in [5, 5.41) is 0. The van der Waals surface area contributed by atoms with Crippen LogP contribution in [-0.4, -0.2) is 51.6 Å². The lowest BCUT2D eigenvalue weighted by atomic mass is 9.79. The van der Waals surface area contributed by atoms with Gasteiger partial charge in [-0.3, -0.25) is 9.59 Å². The molecule has 1 amide bonds. The second kappa shape index (κ2) is 10.4. The molecular formula is C30H38BN3O5. The van der Waals surface area contributed by atoms with Crippen LogP contribution in [0.4, 0.5) is 0 Å². The van der Waals surface area contributed by atoms with Crippen LogP contribution >= 0.6 is 0 Å². The van der Waals surface area contributed by atoms with E-state index in [-0.39, 0.29) is 24.3 Å². The maximum absolute atomic E-state index is 13.8. The van der Waals surface area contributed by atoms with Gasteiger partial charge in [-0.15, -0.1) is 0 Å². The van der Waals surface area contributed by atoms with Crippen LogP contribution in [0, 0.1) is 11.8 Å². The Morgan fingerprint density at radius 1 is 1.10 bits per heavy atom. The summed E-state index contributed by atoms with van der Waals surface area (Å²) in [5.74, 6) is 0.329. The molecule has 8 nitrogen and oxygen atoms in total. The summed E-state index contributed by atoms with van der Waals surface area (Å²) >= 11 is 0. The fraction of sp³-hybridized carbons (Fsp3) is 0.500. The van der Waals surface area contributed by atoms with Crippen molar-refractivity contribution < 1.29 is 23.6 Å². The molecule has 2 atom stereocenters. The highest BCUT2D eigenvalue weighted by Gasteiger charge is 2.51. The van der Waals surface area contributed by atoms with Crippen molar-refractivity contribution >= 4 is 35.5 Å². The van der Waals surface area contributed by atoms with E-state index in [9.17, 15) is 9.59 Å². The summed E-state index contributed by atoms with van der Waals surface area (Å²) in [4.78, 5) is 36.7. The second-order valence-electron chi connectivity index (χ2n) is 12.0. The number of fused-ring (bicyclic) bond motifs is 1. The highest BCUT2D eigenvalue weighted by molar-refractivity contribution is 6.62. The molecule has 1 N–H and O–H groups in total. The number of aromatic amines is 1. The molecule has 0 bridgehead atoms. The molecule has 3 heterocycles. The summed E-state index contributed by atoms with van der Waals surface area (Å²) < 4.78 is 17.9. The zero-order chi connectivity index (χ0) is 27.9. The molecule has 0 aliphatic carbocycles. The van der Waals surface area contributed by atoms with Gasteiger partial charge in [0, 0.05) is 6.54 Å². The number of benzene rings is 2. The quantitative estimate of drug-likeness (QED) is 0.268. The number of ether oxygens (including phenoxy) is 1. The Kier molecular flexibility index (Phi) is 7.33. The van der Waals surface area contributed by atoms with Gasteiger partial charge in [-0.25, -0.2) is 4.98 Å². The number of aromatic nitrogens is 2. The number of amides is 1. The highest BCUT2D eigenvalue weighted by atomic mass is 16.7. The lowest BCUT2D eigenvalue weighted by Crippen LogP contribution is -2.41. The number of carbonyl (C=O) groups is 2. The predicted molar refractivity (Wildman–Crippen MR) is 151 cm³/mol. The predicted octanol–water partition coefficient (Wildman–Crippen LogP) is 4.79.